The molecule has 0 aliphatic carbocycles. The van der Waals surface area contributed by atoms with Crippen LogP contribution in [-0.4, -0.2) is 62.1 Å². The Kier molecular flexibility index (Phi) is 7.29. The lowest BCUT2D eigenvalue weighted by molar-refractivity contribution is 0.0729. The van der Waals surface area contributed by atoms with Crippen LogP contribution in [0, 0.1) is 0 Å². The van der Waals surface area contributed by atoms with E-state index in [0.29, 0.717) is 36.9 Å². The molecule has 1 atom stereocenters. The van der Waals surface area contributed by atoms with Crippen LogP contribution in [-0.2, 0) is 29.2 Å². The number of rotatable bonds is 10. The number of anilines is 1. The molecule has 11 nitrogen and oxygen atoms in total. The van der Waals surface area contributed by atoms with Crippen LogP contribution in [0.15, 0.2) is 85.1 Å². The van der Waals surface area contributed by atoms with Gasteiger partial charge >= 0.3 is 6.09 Å². The van der Waals surface area contributed by atoms with E-state index in [1.165, 1.54) is 0 Å². The summed E-state index contributed by atoms with van der Waals surface area (Å²) in [5.74, 6) is 1.75. The Hall–Kier alpha value is -5.42. The number of amides is 1. The highest BCUT2D eigenvalue weighted by molar-refractivity contribution is 6.07. The number of benzene rings is 3. The van der Waals surface area contributed by atoms with Crippen molar-refractivity contribution in [3.05, 3.63) is 102 Å². The molecule has 11 heteroatoms. The standard InChI is InChI=1S/C33H31N7O4/c1-42-25-10-7-21(8-11-25)16-40-29(17-39-24(20-44-33(39)41)19-43-18-22-5-3-2-4-6-22)37-30-31(40)26-12-9-23(27-13-14-35-38-27)15-28(26)36-32(30)34/h2-15,24H,16-20H2,1H3,(H2,34,36)(H,35,38). The number of aromatic amines is 1. The summed E-state index contributed by atoms with van der Waals surface area (Å²) in [7, 11) is 1.64. The molecule has 3 aromatic carbocycles. The number of methoxy groups -OCH3 is 1. The van der Waals surface area contributed by atoms with E-state index in [4.69, 9.17) is 29.9 Å². The number of nitrogens with zero attached hydrogens (tertiary/aromatic N) is 5. The minimum absolute atomic E-state index is 0.218. The Balaban J connectivity index is 1.27. The Morgan fingerprint density at radius 2 is 1.84 bits per heavy atom. The van der Waals surface area contributed by atoms with Crippen molar-refractivity contribution in [2.45, 2.75) is 25.7 Å². The molecule has 1 aliphatic heterocycles. The molecule has 1 amide bonds. The van der Waals surface area contributed by atoms with Gasteiger partial charge in [-0.3, -0.25) is 10.00 Å². The van der Waals surface area contributed by atoms with Crippen molar-refractivity contribution in [3.63, 3.8) is 0 Å². The van der Waals surface area contributed by atoms with Crippen molar-refractivity contribution in [2.75, 3.05) is 26.1 Å². The van der Waals surface area contributed by atoms with Crippen molar-refractivity contribution in [2.24, 2.45) is 0 Å². The number of H-pyrrole nitrogens is 1. The summed E-state index contributed by atoms with van der Waals surface area (Å²) in [6, 6.07) is 25.5. The predicted octanol–water partition coefficient (Wildman–Crippen LogP) is 5.15. The van der Waals surface area contributed by atoms with Gasteiger partial charge in [0.2, 0.25) is 0 Å². The molecule has 7 rings (SSSR count). The van der Waals surface area contributed by atoms with Gasteiger partial charge in [0.15, 0.2) is 5.82 Å². The van der Waals surface area contributed by atoms with Crippen molar-refractivity contribution < 1.29 is 19.0 Å². The molecule has 3 N–H and O–H groups in total. The van der Waals surface area contributed by atoms with E-state index >= 15 is 0 Å². The molecule has 44 heavy (non-hydrogen) atoms. The number of carbonyl (C=O) groups is 1. The Bertz CT molecular complexity index is 1920. The van der Waals surface area contributed by atoms with Crippen LogP contribution >= 0.6 is 0 Å². The van der Waals surface area contributed by atoms with Crippen molar-refractivity contribution in [1.82, 2.24) is 29.6 Å². The minimum Gasteiger partial charge on any atom is -0.497 e. The third-order valence-electron chi connectivity index (χ3n) is 7.90. The maximum atomic E-state index is 13.0. The average Bonchev–Trinajstić information content (AvgIpc) is 3.79. The van der Waals surface area contributed by atoms with Gasteiger partial charge in [-0.05, 0) is 41.5 Å². The first-order chi connectivity index (χ1) is 21.6. The molecule has 0 bridgehead atoms. The molecule has 0 radical (unpaired) electrons. The number of nitrogen functional groups attached to an aromatic ring is 1. The first kappa shape index (κ1) is 27.4. The van der Waals surface area contributed by atoms with E-state index in [9.17, 15) is 4.79 Å². The molecule has 0 saturated carbocycles. The van der Waals surface area contributed by atoms with Gasteiger partial charge in [-0.25, -0.2) is 14.8 Å². The van der Waals surface area contributed by atoms with Gasteiger partial charge in [-0.2, -0.15) is 5.10 Å². The smallest absolute Gasteiger partial charge is 0.410 e. The number of aromatic nitrogens is 5. The second-order valence-electron chi connectivity index (χ2n) is 10.7. The summed E-state index contributed by atoms with van der Waals surface area (Å²) in [6.07, 6.45) is 1.31. The quantitative estimate of drug-likeness (QED) is 0.224. The lowest BCUT2D eigenvalue weighted by Gasteiger charge is -2.22. The number of hydrogen-bond donors (Lipinski definition) is 2. The first-order valence-electron chi connectivity index (χ1n) is 14.3. The van der Waals surface area contributed by atoms with Crippen LogP contribution in [0.1, 0.15) is 17.0 Å². The molecular formula is C33H31N7O4. The maximum absolute atomic E-state index is 13.0. The van der Waals surface area contributed by atoms with E-state index in [-0.39, 0.29) is 19.2 Å². The Labute approximate surface area is 253 Å². The predicted molar refractivity (Wildman–Crippen MR) is 166 cm³/mol. The number of ether oxygens (including phenoxy) is 3. The van der Waals surface area contributed by atoms with Crippen LogP contribution in [0.2, 0.25) is 0 Å². The number of imidazole rings is 1. The summed E-state index contributed by atoms with van der Waals surface area (Å²) in [4.78, 5) is 24.3. The molecule has 6 aromatic rings. The van der Waals surface area contributed by atoms with Gasteiger partial charge in [-0.15, -0.1) is 0 Å². The Morgan fingerprint density at radius 3 is 2.61 bits per heavy atom. The molecular weight excluding hydrogens is 558 g/mol. The molecule has 3 aromatic heterocycles. The molecule has 4 heterocycles. The largest absolute Gasteiger partial charge is 0.497 e. The molecule has 1 fully saturated rings. The first-order valence-corrected chi connectivity index (χ1v) is 14.3. The van der Waals surface area contributed by atoms with Gasteiger partial charge < -0.3 is 24.5 Å². The molecule has 1 saturated heterocycles. The third kappa shape index (κ3) is 5.29. The van der Waals surface area contributed by atoms with E-state index in [2.05, 4.69) is 14.8 Å². The fraction of sp³-hybridized carbons (Fsp3) is 0.212. The van der Waals surface area contributed by atoms with Crippen LogP contribution in [0.5, 0.6) is 5.75 Å². The maximum Gasteiger partial charge on any atom is 0.410 e. The third-order valence-corrected chi connectivity index (χ3v) is 7.90. The van der Waals surface area contributed by atoms with E-state index in [1.807, 2.05) is 78.9 Å². The second-order valence-corrected chi connectivity index (χ2v) is 10.7. The summed E-state index contributed by atoms with van der Waals surface area (Å²) >= 11 is 0. The number of hydrogen-bond acceptors (Lipinski definition) is 8. The fourth-order valence-corrected chi connectivity index (χ4v) is 5.61. The highest BCUT2D eigenvalue weighted by atomic mass is 16.6. The van der Waals surface area contributed by atoms with Gasteiger partial charge in [-0.1, -0.05) is 48.5 Å². The number of fused-ring (bicyclic) bond motifs is 3. The fourth-order valence-electron chi connectivity index (χ4n) is 5.61. The summed E-state index contributed by atoms with van der Waals surface area (Å²) in [5.41, 5.74) is 12.6. The average molecular weight is 590 g/mol. The SMILES string of the molecule is COc1ccc(Cn2c(CN3C(=O)OCC3COCc3ccccc3)nc3c(N)nc4cc(-c5ccn[nH]5)ccc4c32)cc1. The lowest BCUT2D eigenvalue weighted by atomic mass is 10.1. The topological polar surface area (TPSA) is 133 Å². The Morgan fingerprint density at radius 1 is 1.00 bits per heavy atom. The molecule has 1 unspecified atom stereocenters. The zero-order valence-electron chi connectivity index (χ0n) is 24.1. The number of nitrogens with one attached hydrogen (secondary N) is 1. The minimum atomic E-state index is -0.401. The molecule has 1 aliphatic rings. The zero-order chi connectivity index (χ0) is 30.0. The number of carbonyl (C=O) groups excluding carboxylic acids is 1. The highest BCUT2D eigenvalue weighted by Gasteiger charge is 2.34. The van der Waals surface area contributed by atoms with Gasteiger partial charge in [0.1, 0.15) is 23.7 Å². The van der Waals surface area contributed by atoms with Crippen LogP contribution in [0.4, 0.5) is 10.6 Å². The number of pyridine rings is 1. The highest BCUT2D eigenvalue weighted by Crippen LogP contribution is 2.33. The van der Waals surface area contributed by atoms with Crippen LogP contribution in [0.25, 0.3) is 33.2 Å². The van der Waals surface area contributed by atoms with E-state index in [0.717, 1.165) is 44.6 Å². The summed E-state index contributed by atoms with van der Waals surface area (Å²) in [5, 5.41) is 7.98. The van der Waals surface area contributed by atoms with E-state index in [1.54, 1.807) is 18.2 Å². The van der Waals surface area contributed by atoms with Crippen molar-refractivity contribution >= 4 is 33.8 Å². The zero-order valence-corrected chi connectivity index (χ0v) is 24.1. The van der Waals surface area contributed by atoms with Crippen LogP contribution < -0.4 is 10.5 Å². The number of nitrogens with two attached hydrogens (primary N) is 1. The normalized spacial score (nSPS) is 14.9. The lowest BCUT2D eigenvalue weighted by Crippen LogP contribution is -2.37. The van der Waals surface area contributed by atoms with Gasteiger partial charge in [0, 0.05) is 23.7 Å². The van der Waals surface area contributed by atoms with E-state index < -0.39 is 6.09 Å². The number of cyclic esters (lactones) is 1. The van der Waals surface area contributed by atoms with Crippen molar-refractivity contribution in [1.29, 1.82) is 0 Å². The van der Waals surface area contributed by atoms with Gasteiger partial charge in [0.25, 0.3) is 0 Å². The van der Waals surface area contributed by atoms with Crippen LogP contribution in [0.3, 0.4) is 0 Å². The van der Waals surface area contributed by atoms with Gasteiger partial charge in [0.05, 0.1) is 49.6 Å². The summed E-state index contributed by atoms with van der Waals surface area (Å²) < 4.78 is 18.9. The van der Waals surface area contributed by atoms with Crippen molar-refractivity contribution in [3.8, 4) is 17.0 Å². The molecule has 222 valence electrons. The monoisotopic (exact) mass is 589 g/mol. The molecule has 0 spiro atoms. The second kappa shape index (κ2) is 11.7. The summed E-state index contributed by atoms with van der Waals surface area (Å²) in [6.45, 7) is 1.74.